The Balaban J connectivity index is 1.45. The first-order chi connectivity index (χ1) is 13.7. The predicted octanol–water partition coefficient (Wildman–Crippen LogP) is 3.45. The number of methoxy groups -OCH3 is 2. The van der Waals surface area contributed by atoms with E-state index in [-0.39, 0.29) is 5.76 Å². The highest BCUT2D eigenvalue weighted by Gasteiger charge is 2.13. The summed E-state index contributed by atoms with van der Waals surface area (Å²) in [5.74, 6) is 1.79. The molecule has 0 saturated carbocycles. The van der Waals surface area contributed by atoms with Crippen LogP contribution in [0, 0.1) is 0 Å². The molecular weight excluding hydrogens is 382 g/mol. The largest absolute Gasteiger partial charge is 0.493 e. The normalized spacial score (nSPS) is 11.1. The molecule has 0 fully saturated rings. The Morgan fingerprint density at radius 2 is 1.86 bits per heavy atom. The standard InChI is InChI=1S/C19H17N3O5S/c1-24-15-8-7-12(11-16(15)25-2)17-20-21-18(27-17)28-10-9-22-13-5-3-4-6-14(13)26-19(22)23/h3-8,11H,9-10H2,1-2H3. The summed E-state index contributed by atoms with van der Waals surface area (Å²) in [6.45, 7) is 0.467. The summed E-state index contributed by atoms with van der Waals surface area (Å²) in [7, 11) is 3.14. The van der Waals surface area contributed by atoms with Crippen molar-refractivity contribution < 1.29 is 18.3 Å². The number of hydrogen-bond donors (Lipinski definition) is 0. The van der Waals surface area contributed by atoms with Gasteiger partial charge in [0.25, 0.3) is 5.22 Å². The number of fused-ring (bicyclic) bond motifs is 1. The van der Waals surface area contributed by atoms with E-state index < -0.39 is 0 Å². The van der Waals surface area contributed by atoms with Crippen LogP contribution < -0.4 is 15.2 Å². The summed E-state index contributed by atoms with van der Waals surface area (Å²) < 4.78 is 23.1. The highest BCUT2D eigenvalue weighted by molar-refractivity contribution is 7.99. The number of aromatic nitrogens is 3. The number of rotatable bonds is 7. The van der Waals surface area contributed by atoms with Crippen LogP contribution >= 0.6 is 11.8 Å². The number of aryl methyl sites for hydroxylation is 1. The Hall–Kier alpha value is -3.20. The number of hydrogen-bond acceptors (Lipinski definition) is 8. The fourth-order valence-electron chi connectivity index (χ4n) is 2.80. The zero-order valence-corrected chi connectivity index (χ0v) is 16.1. The minimum atomic E-state index is -0.377. The fraction of sp³-hybridized carbons (Fsp3) is 0.211. The molecule has 0 aliphatic heterocycles. The van der Waals surface area contributed by atoms with Crippen molar-refractivity contribution in [1.82, 2.24) is 14.8 Å². The van der Waals surface area contributed by atoms with Gasteiger partial charge in [0.05, 0.1) is 19.7 Å². The molecule has 144 valence electrons. The second kappa shape index (κ2) is 7.81. The van der Waals surface area contributed by atoms with Crippen LogP contribution in [0.25, 0.3) is 22.6 Å². The van der Waals surface area contributed by atoms with Gasteiger partial charge >= 0.3 is 5.76 Å². The van der Waals surface area contributed by atoms with E-state index in [1.54, 1.807) is 37.0 Å². The minimum absolute atomic E-state index is 0.377. The lowest BCUT2D eigenvalue weighted by Gasteiger charge is -2.07. The van der Waals surface area contributed by atoms with Crippen LogP contribution in [0.5, 0.6) is 11.5 Å². The molecule has 0 saturated heterocycles. The quantitative estimate of drug-likeness (QED) is 0.436. The second-order valence-corrected chi connectivity index (χ2v) is 6.82. The predicted molar refractivity (Wildman–Crippen MR) is 104 cm³/mol. The van der Waals surface area contributed by atoms with E-state index >= 15 is 0 Å². The lowest BCUT2D eigenvalue weighted by Crippen LogP contribution is -2.15. The minimum Gasteiger partial charge on any atom is -0.493 e. The van der Waals surface area contributed by atoms with E-state index in [9.17, 15) is 4.79 Å². The number of thioether (sulfide) groups is 1. The van der Waals surface area contributed by atoms with E-state index in [1.165, 1.54) is 11.8 Å². The van der Waals surface area contributed by atoms with Gasteiger partial charge in [-0.1, -0.05) is 23.9 Å². The molecule has 4 rings (SSSR count). The third-order valence-electron chi connectivity index (χ3n) is 4.15. The molecule has 4 aromatic rings. The molecular formula is C19H17N3O5S. The highest BCUT2D eigenvalue weighted by Crippen LogP contribution is 2.32. The second-order valence-electron chi connectivity index (χ2n) is 5.78. The number of nitrogens with zero attached hydrogens (tertiary/aromatic N) is 3. The monoisotopic (exact) mass is 399 g/mol. The number of oxazole rings is 1. The molecule has 0 radical (unpaired) electrons. The number of para-hydroxylation sites is 2. The third-order valence-corrected chi connectivity index (χ3v) is 4.95. The van der Waals surface area contributed by atoms with E-state index in [2.05, 4.69) is 10.2 Å². The van der Waals surface area contributed by atoms with Gasteiger partial charge in [-0.2, -0.15) is 0 Å². The van der Waals surface area contributed by atoms with Gasteiger partial charge in [-0.25, -0.2) is 4.79 Å². The zero-order chi connectivity index (χ0) is 19.5. The Morgan fingerprint density at radius 1 is 1.04 bits per heavy atom. The molecule has 0 aliphatic carbocycles. The lowest BCUT2D eigenvalue weighted by atomic mass is 10.2. The summed E-state index contributed by atoms with van der Waals surface area (Å²) in [6.07, 6.45) is 0. The summed E-state index contributed by atoms with van der Waals surface area (Å²) in [6, 6.07) is 12.7. The van der Waals surface area contributed by atoms with Gasteiger partial charge in [0.1, 0.15) is 0 Å². The number of ether oxygens (including phenoxy) is 2. The van der Waals surface area contributed by atoms with Crippen LogP contribution in [-0.4, -0.2) is 34.7 Å². The van der Waals surface area contributed by atoms with Crippen LogP contribution in [0.15, 0.2) is 61.3 Å². The smallest absolute Gasteiger partial charge is 0.419 e. The first kappa shape index (κ1) is 18.2. The van der Waals surface area contributed by atoms with Crippen LogP contribution in [0.4, 0.5) is 0 Å². The van der Waals surface area contributed by atoms with Gasteiger partial charge < -0.3 is 18.3 Å². The summed E-state index contributed by atoms with van der Waals surface area (Å²) >= 11 is 1.37. The molecule has 2 heterocycles. The van der Waals surface area contributed by atoms with Crippen molar-refractivity contribution in [3.05, 3.63) is 53.0 Å². The molecule has 0 bridgehead atoms. The van der Waals surface area contributed by atoms with E-state index in [0.717, 1.165) is 11.1 Å². The first-order valence-electron chi connectivity index (χ1n) is 8.46. The molecule has 0 N–H and O–H groups in total. The Morgan fingerprint density at radius 3 is 2.68 bits per heavy atom. The van der Waals surface area contributed by atoms with Gasteiger partial charge in [0, 0.05) is 17.9 Å². The fourth-order valence-corrected chi connectivity index (χ4v) is 3.49. The van der Waals surface area contributed by atoms with Crippen LogP contribution in [0.3, 0.4) is 0 Å². The Bertz CT molecular complexity index is 1160. The van der Waals surface area contributed by atoms with Gasteiger partial charge in [-0.3, -0.25) is 4.57 Å². The average molecular weight is 399 g/mol. The lowest BCUT2D eigenvalue weighted by molar-refractivity contribution is 0.355. The van der Waals surface area contributed by atoms with Gasteiger partial charge in [0.2, 0.25) is 5.89 Å². The van der Waals surface area contributed by atoms with Gasteiger partial charge in [0.15, 0.2) is 17.1 Å². The Kier molecular flexibility index (Phi) is 5.07. The maximum absolute atomic E-state index is 12.0. The van der Waals surface area contributed by atoms with Crippen LogP contribution in [-0.2, 0) is 6.54 Å². The van der Waals surface area contributed by atoms with E-state index in [1.807, 2.05) is 24.3 Å². The molecule has 8 nitrogen and oxygen atoms in total. The van der Waals surface area contributed by atoms with Crippen LogP contribution in [0.1, 0.15) is 0 Å². The molecule has 0 aliphatic rings. The molecule has 0 amide bonds. The molecule has 2 aromatic carbocycles. The zero-order valence-electron chi connectivity index (χ0n) is 15.2. The topological polar surface area (TPSA) is 92.5 Å². The molecule has 0 spiro atoms. The van der Waals surface area contributed by atoms with Gasteiger partial charge in [-0.15, -0.1) is 10.2 Å². The molecule has 9 heteroatoms. The Labute approximate surface area is 164 Å². The maximum atomic E-state index is 12.0. The highest BCUT2D eigenvalue weighted by atomic mass is 32.2. The molecule has 0 unspecified atom stereocenters. The van der Waals surface area contributed by atoms with Crippen molar-refractivity contribution in [2.45, 2.75) is 11.8 Å². The number of benzene rings is 2. The van der Waals surface area contributed by atoms with Crippen molar-refractivity contribution in [3.8, 4) is 23.0 Å². The van der Waals surface area contributed by atoms with Gasteiger partial charge in [-0.05, 0) is 30.3 Å². The van der Waals surface area contributed by atoms with Crippen LogP contribution in [0.2, 0.25) is 0 Å². The van der Waals surface area contributed by atoms with E-state index in [0.29, 0.717) is 40.5 Å². The summed E-state index contributed by atoms with van der Waals surface area (Å²) in [5, 5.41) is 8.56. The van der Waals surface area contributed by atoms with Crippen molar-refractivity contribution >= 4 is 22.9 Å². The molecule has 0 atom stereocenters. The van der Waals surface area contributed by atoms with Crippen molar-refractivity contribution in [3.63, 3.8) is 0 Å². The van der Waals surface area contributed by atoms with Crippen molar-refractivity contribution in [2.75, 3.05) is 20.0 Å². The molecule has 28 heavy (non-hydrogen) atoms. The maximum Gasteiger partial charge on any atom is 0.419 e. The first-order valence-corrected chi connectivity index (χ1v) is 9.45. The van der Waals surface area contributed by atoms with Crippen molar-refractivity contribution in [1.29, 1.82) is 0 Å². The average Bonchev–Trinajstić information content (AvgIpc) is 3.32. The summed E-state index contributed by atoms with van der Waals surface area (Å²) in [4.78, 5) is 12.0. The van der Waals surface area contributed by atoms with Crippen molar-refractivity contribution in [2.24, 2.45) is 0 Å². The van der Waals surface area contributed by atoms with E-state index in [4.69, 9.17) is 18.3 Å². The third kappa shape index (κ3) is 3.48. The molecule has 2 aromatic heterocycles. The summed E-state index contributed by atoms with van der Waals surface area (Å²) in [5.41, 5.74) is 2.07. The SMILES string of the molecule is COc1ccc(-c2nnc(SCCn3c(=O)oc4ccccc43)o2)cc1OC.